The van der Waals surface area contributed by atoms with Gasteiger partial charge in [0.25, 0.3) is 5.69 Å². The van der Waals surface area contributed by atoms with E-state index in [0.717, 1.165) is 0 Å². The molecule has 0 spiro atoms. The number of nitro groups is 1. The van der Waals surface area contributed by atoms with Crippen molar-refractivity contribution in [3.05, 3.63) is 51.2 Å². The van der Waals surface area contributed by atoms with E-state index in [1.807, 2.05) is 0 Å². The lowest BCUT2D eigenvalue weighted by Crippen LogP contribution is -2.00. The van der Waals surface area contributed by atoms with E-state index in [2.05, 4.69) is 0 Å². The Balaban J connectivity index is 2.47. The topological polar surface area (TPSA) is 96.7 Å². The van der Waals surface area contributed by atoms with Crippen molar-refractivity contribution in [1.29, 1.82) is 0 Å². The predicted octanol–water partition coefficient (Wildman–Crippen LogP) is 2.53. The summed E-state index contributed by atoms with van der Waals surface area (Å²) in [5, 5.41) is 29.4. The lowest BCUT2D eigenvalue weighted by Gasteiger charge is -2.03. The second-order valence-electron chi connectivity index (χ2n) is 3.82. The average molecular weight is 284 g/mol. The highest BCUT2D eigenvalue weighted by molar-refractivity contribution is 6.30. The van der Waals surface area contributed by atoms with Crippen molar-refractivity contribution >= 4 is 17.3 Å². The van der Waals surface area contributed by atoms with Crippen molar-refractivity contribution < 1.29 is 19.6 Å². The van der Waals surface area contributed by atoms with Crippen LogP contribution < -0.4 is 0 Å². The van der Waals surface area contributed by atoms with Gasteiger partial charge in [0.1, 0.15) is 17.6 Å². The summed E-state index contributed by atoms with van der Waals surface area (Å²) in [6, 6.07) is 7.14. The quantitative estimate of drug-likeness (QED) is 0.664. The SMILES string of the molecule is O=[N+]([O-])c1cc(Cl)ccc1-c1ccc([C@@H](O)CO)o1. The second-order valence-corrected chi connectivity index (χ2v) is 4.26. The zero-order valence-corrected chi connectivity index (χ0v) is 10.4. The molecule has 2 N–H and O–H groups in total. The zero-order valence-electron chi connectivity index (χ0n) is 9.62. The molecule has 1 atom stereocenters. The molecule has 1 heterocycles. The van der Waals surface area contributed by atoms with E-state index in [1.54, 1.807) is 0 Å². The van der Waals surface area contributed by atoms with Crippen LogP contribution in [0.2, 0.25) is 5.02 Å². The maximum Gasteiger partial charge on any atom is 0.281 e. The molecule has 19 heavy (non-hydrogen) atoms. The Morgan fingerprint density at radius 3 is 2.74 bits per heavy atom. The van der Waals surface area contributed by atoms with E-state index in [1.165, 1.54) is 30.3 Å². The first-order chi connectivity index (χ1) is 9.02. The van der Waals surface area contributed by atoms with Crippen LogP contribution in [0.15, 0.2) is 34.7 Å². The van der Waals surface area contributed by atoms with Crippen molar-refractivity contribution in [3.63, 3.8) is 0 Å². The fraction of sp³-hybridized carbons (Fsp3) is 0.167. The molecule has 0 fully saturated rings. The second kappa shape index (κ2) is 5.40. The Bertz CT molecular complexity index is 610. The van der Waals surface area contributed by atoms with E-state index in [-0.39, 0.29) is 27.8 Å². The molecule has 0 aliphatic heterocycles. The molecule has 0 saturated heterocycles. The highest BCUT2D eigenvalue weighted by Crippen LogP contribution is 2.34. The van der Waals surface area contributed by atoms with Gasteiger partial charge in [0, 0.05) is 11.1 Å². The number of hydrogen-bond acceptors (Lipinski definition) is 5. The minimum Gasteiger partial charge on any atom is -0.458 e. The van der Waals surface area contributed by atoms with Gasteiger partial charge in [-0.3, -0.25) is 10.1 Å². The largest absolute Gasteiger partial charge is 0.458 e. The summed E-state index contributed by atoms with van der Waals surface area (Å²) in [5.74, 6) is 0.368. The Labute approximate surface area is 113 Å². The van der Waals surface area contributed by atoms with E-state index < -0.39 is 17.6 Å². The third-order valence-electron chi connectivity index (χ3n) is 2.55. The van der Waals surface area contributed by atoms with Gasteiger partial charge in [-0.05, 0) is 24.3 Å². The summed E-state index contributed by atoms with van der Waals surface area (Å²) < 4.78 is 5.30. The van der Waals surface area contributed by atoms with Gasteiger partial charge in [0.15, 0.2) is 0 Å². The van der Waals surface area contributed by atoms with Crippen molar-refractivity contribution in [2.24, 2.45) is 0 Å². The van der Waals surface area contributed by atoms with E-state index in [9.17, 15) is 15.2 Å². The van der Waals surface area contributed by atoms with Gasteiger partial charge in [-0.15, -0.1) is 0 Å². The number of benzene rings is 1. The average Bonchev–Trinajstić information content (AvgIpc) is 2.87. The third kappa shape index (κ3) is 2.76. The smallest absolute Gasteiger partial charge is 0.281 e. The van der Waals surface area contributed by atoms with Gasteiger partial charge in [0.2, 0.25) is 0 Å². The lowest BCUT2D eigenvalue weighted by molar-refractivity contribution is -0.384. The molecule has 0 radical (unpaired) electrons. The highest BCUT2D eigenvalue weighted by atomic mass is 35.5. The standard InChI is InChI=1S/C12H10ClNO5/c13-7-1-2-8(9(5-7)14(17)18)11-3-4-12(19-11)10(16)6-15/h1-5,10,15-16H,6H2/t10-/m0/s1. The summed E-state index contributed by atoms with van der Waals surface area (Å²) in [6.45, 7) is -0.490. The molecule has 100 valence electrons. The molecule has 0 aliphatic carbocycles. The minimum absolute atomic E-state index is 0.141. The lowest BCUT2D eigenvalue weighted by atomic mass is 10.1. The summed E-state index contributed by atoms with van der Waals surface area (Å²) in [7, 11) is 0. The maximum atomic E-state index is 11.0. The zero-order chi connectivity index (χ0) is 14.0. The molecule has 0 amide bonds. The van der Waals surface area contributed by atoms with Crippen LogP contribution in [0, 0.1) is 10.1 Å². The van der Waals surface area contributed by atoms with Crippen molar-refractivity contribution in [2.45, 2.75) is 6.10 Å². The predicted molar refractivity (Wildman–Crippen MR) is 67.9 cm³/mol. The summed E-state index contributed by atoms with van der Waals surface area (Å²) in [6.07, 6.45) is -1.15. The van der Waals surface area contributed by atoms with Crippen LogP contribution in [0.5, 0.6) is 0 Å². The number of hydrogen-bond donors (Lipinski definition) is 2. The van der Waals surface area contributed by atoms with Crippen LogP contribution in [-0.2, 0) is 0 Å². The number of halogens is 1. The van der Waals surface area contributed by atoms with Gasteiger partial charge in [0.05, 0.1) is 17.1 Å². The van der Waals surface area contributed by atoms with E-state index in [4.69, 9.17) is 21.1 Å². The van der Waals surface area contributed by atoms with Crippen molar-refractivity contribution in [3.8, 4) is 11.3 Å². The van der Waals surface area contributed by atoms with Gasteiger partial charge in [-0.25, -0.2) is 0 Å². The fourth-order valence-corrected chi connectivity index (χ4v) is 1.80. The molecular formula is C12H10ClNO5. The molecule has 0 aliphatic rings. The molecule has 0 unspecified atom stereocenters. The van der Waals surface area contributed by atoms with Gasteiger partial charge >= 0.3 is 0 Å². The van der Waals surface area contributed by atoms with Crippen LogP contribution in [-0.4, -0.2) is 21.7 Å². The summed E-state index contributed by atoms with van der Waals surface area (Å²) >= 11 is 5.72. The van der Waals surface area contributed by atoms with Gasteiger partial charge < -0.3 is 14.6 Å². The van der Waals surface area contributed by atoms with E-state index in [0.29, 0.717) is 0 Å². The fourth-order valence-electron chi connectivity index (χ4n) is 1.63. The number of rotatable bonds is 4. The Morgan fingerprint density at radius 1 is 1.37 bits per heavy atom. The van der Waals surface area contributed by atoms with Crippen LogP contribution >= 0.6 is 11.6 Å². The van der Waals surface area contributed by atoms with Crippen LogP contribution in [0.1, 0.15) is 11.9 Å². The molecule has 2 aromatic rings. The molecular weight excluding hydrogens is 274 g/mol. The first kappa shape index (κ1) is 13.5. The molecule has 6 nitrogen and oxygen atoms in total. The monoisotopic (exact) mass is 283 g/mol. The van der Waals surface area contributed by atoms with E-state index >= 15 is 0 Å². The molecule has 2 rings (SSSR count). The third-order valence-corrected chi connectivity index (χ3v) is 2.79. The molecule has 7 heteroatoms. The van der Waals surface area contributed by atoms with Gasteiger partial charge in [-0.1, -0.05) is 11.6 Å². The first-order valence-electron chi connectivity index (χ1n) is 5.36. The molecule has 0 saturated carbocycles. The van der Waals surface area contributed by atoms with Crippen LogP contribution in [0.25, 0.3) is 11.3 Å². The number of nitro benzene ring substituents is 1. The molecule has 1 aromatic heterocycles. The maximum absolute atomic E-state index is 11.0. The van der Waals surface area contributed by atoms with Crippen LogP contribution in [0.3, 0.4) is 0 Å². The first-order valence-corrected chi connectivity index (χ1v) is 5.73. The van der Waals surface area contributed by atoms with Crippen LogP contribution in [0.4, 0.5) is 5.69 Å². The number of aliphatic hydroxyl groups excluding tert-OH is 2. The normalized spacial score (nSPS) is 12.4. The van der Waals surface area contributed by atoms with Gasteiger partial charge in [-0.2, -0.15) is 0 Å². The Kier molecular flexibility index (Phi) is 3.84. The Hall–Kier alpha value is -1.89. The molecule has 1 aromatic carbocycles. The minimum atomic E-state index is -1.15. The number of furan rings is 1. The van der Waals surface area contributed by atoms with Crippen molar-refractivity contribution in [2.75, 3.05) is 6.61 Å². The summed E-state index contributed by atoms with van der Waals surface area (Å²) in [4.78, 5) is 10.4. The summed E-state index contributed by atoms with van der Waals surface area (Å²) in [5.41, 5.74) is 0.0673. The Morgan fingerprint density at radius 2 is 2.11 bits per heavy atom. The number of nitrogens with zero attached hydrogens (tertiary/aromatic N) is 1. The highest BCUT2D eigenvalue weighted by Gasteiger charge is 2.20. The van der Waals surface area contributed by atoms with Crippen molar-refractivity contribution in [1.82, 2.24) is 0 Å². The number of aliphatic hydroxyl groups is 2. The molecule has 0 bridgehead atoms.